The number of carbonyl (C=O) groups is 1. The van der Waals surface area contributed by atoms with Gasteiger partial charge in [-0.3, -0.25) is 4.79 Å². The highest BCUT2D eigenvalue weighted by molar-refractivity contribution is 7.99. The summed E-state index contributed by atoms with van der Waals surface area (Å²) in [6.07, 6.45) is -4.94. The van der Waals surface area contributed by atoms with Crippen LogP contribution in [0, 0.1) is 0 Å². The average Bonchev–Trinajstić information content (AvgIpc) is 2.61. The molecule has 0 spiro atoms. The number of hydrogen-bond acceptors (Lipinski definition) is 3. The lowest BCUT2D eigenvalue weighted by Gasteiger charge is -2.19. The highest BCUT2D eigenvalue weighted by Gasteiger charge is 2.40. The van der Waals surface area contributed by atoms with E-state index in [0.29, 0.717) is 15.3 Å². The Morgan fingerprint density at radius 3 is 2.22 bits per heavy atom. The molecule has 0 saturated carbocycles. The summed E-state index contributed by atoms with van der Waals surface area (Å²) < 4.78 is 39.4. The van der Waals surface area contributed by atoms with Crippen LogP contribution in [0.25, 0.3) is 10.8 Å². The van der Waals surface area contributed by atoms with Crippen LogP contribution >= 0.6 is 23.4 Å². The molecule has 3 aromatic carbocycles. The van der Waals surface area contributed by atoms with Crippen molar-refractivity contribution in [1.82, 2.24) is 0 Å². The molecule has 3 aromatic rings. The lowest BCUT2D eigenvalue weighted by Crippen LogP contribution is -2.23. The van der Waals surface area contributed by atoms with E-state index in [1.165, 1.54) is 6.07 Å². The summed E-state index contributed by atoms with van der Waals surface area (Å²) in [6.45, 7) is 0. The Labute approximate surface area is 163 Å². The van der Waals surface area contributed by atoms with Crippen LogP contribution in [-0.4, -0.2) is 26.1 Å². The number of rotatable bonds is 4. The minimum Gasteiger partial charge on any atom is -0.377 e. The lowest BCUT2D eigenvalue weighted by molar-refractivity contribution is -0.0886. The molecule has 0 bridgehead atoms. The maximum absolute atomic E-state index is 13.1. The van der Waals surface area contributed by atoms with E-state index in [9.17, 15) is 18.0 Å². The normalized spacial score (nSPS) is 11.6. The molecule has 140 valence electrons. The molecule has 7 heteroatoms. The Morgan fingerprint density at radius 1 is 0.963 bits per heavy atom. The molecule has 0 fully saturated rings. The first-order chi connectivity index (χ1) is 12.7. The van der Waals surface area contributed by atoms with Crippen LogP contribution in [0.3, 0.4) is 0 Å². The zero-order valence-electron chi connectivity index (χ0n) is 14.5. The number of hydrogen-bond donors (Lipinski definition) is 0. The zero-order chi connectivity index (χ0) is 19.8. The van der Waals surface area contributed by atoms with Gasteiger partial charge in [0.2, 0.25) is 0 Å². The van der Waals surface area contributed by atoms with Crippen LogP contribution in [0.2, 0.25) is 5.02 Å². The monoisotopic (exact) mass is 409 g/mol. The molecule has 0 atom stereocenters. The van der Waals surface area contributed by atoms with Crippen LogP contribution < -0.4 is 4.90 Å². The molecule has 0 heterocycles. The van der Waals surface area contributed by atoms with Gasteiger partial charge in [-0.1, -0.05) is 41.6 Å². The standard InChI is InChI=1S/C20H15ClF3NOS/c1-25(2)17-5-3-4-15-14(17)10-11-16(19(26)20(22,23)24)18(15)27-13-8-6-12(21)7-9-13/h3-11H,1-2H3. The van der Waals surface area contributed by atoms with Crippen LogP contribution in [0.1, 0.15) is 10.4 Å². The van der Waals surface area contributed by atoms with E-state index in [-0.39, 0.29) is 10.5 Å². The number of alkyl halides is 3. The van der Waals surface area contributed by atoms with Crippen molar-refractivity contribution in [2.75, 3.05) is 19.0 Å². The van der Waals surface area contributed by atoms with Crippen molar-refractivity contribution in [3.63, 3.8) is 0 Å². The molecule has 0 amide bonds. The second kappa shape index (κ2) is 7.44. The van der Waals surface area contributed by atoms with E-state index in [1.807, 2.05) is 25.1 Å². The fraction of sp³-hybridized carbons (Fsp3) is 0.150. The maximum atomic E-state index is 13.1. The molecule has 0 aromatic heterocycles. The molecule has 0 aliphatic carbocycles. The second-order valence-corrected chi connectivity index (χ2v) is 7.61. The zero-order valence-corrected chi connectivity index (χ0v) is 16.0. The van der Waals surface area contributed by atoms with Crippen molar-refractivity contribution in [3.05, 3.63) is 65.2 Å². The van der Waals surface area contributed by atoms with Crippen LogP contribution in [0.15, 0.2) is 64.4 Å². The molecule has 0 saturated heterocycles. The number of benzene rings is 3. The highest BCUT2D eigenvalue weighted by Crippen LogP contribution is 2.41. The predicted octanol–water partition coefficient (Wildman–Crippen LogP) is 6.46. The van der Waals surface area contributed by atoms with Crippen molar-refractivity contribution in [2.45, 2.75) is 16.0 Å². The lowest BCUT2D eigenvalue weighted by atomic mass is 10.0. The number of fused-ring (bicyclic) bond motifs is 1. The van der Waals surface area contributed by atoms with Gasteiger partial charge < -0.3 is 4.90 Å². The molecule has 0 N–H and O–H groups in total. The summed E-state index contributed by atoms with van der Waals surface area (Å²) in [4.78, 5) is 14.9. The number of Topliss-reactive ketones (excluding diaryl/α,β-unsaturated/α-hetero) is 1. The molecular weight excluding hydrogens is 395 g/mol. The van der Waals surface area contributed by atoms with E-state index in [1.54, 1.807) is 42.5 Å². The number of anilines is 1. The van der Waals surface area contributed by atoms with E-state index < -0.39 is 12.0 Å². The first-order valence-corrected chi connectivity index (χ1v) is 9.16. The van der Waals surface area contributed by atoms with Crippen molar-refractivity contribution >= 4 is 45.6 Å². The summed E-state index contributed by atoms with van der Waals surface area (Å²) in [5.41, 5.74) is 0.502. The second-order valence-electron chi connectivity index (χ2n) is 6.09. The van der Waals surface area contributed by atoms with E-state index in [4.69, 9.17) is 11.6 Å². The van der Waals surface area contributed by atoms with E-state index in [2.05, 4.69) is 0 Å². The SMILES string of the molecule is CN(C)c1cccc2c(Sc3ccc(Cl)cc3)c(C(=O)C(F)(F)F)ccc12. The first-order valence-electron chi connectivity index (χ1n) is 7.96. The van der Waals surface area contributed by atoms with Gasteiger partial charge in [-0.05, 0) is 41.8 Å². The highest BCUT2D eigenvalue weighted by atomic mass is 35.5. The first kappa shape index (κ1) is 19.6. The van der Waals surface area contributed by atoms with Gasteiger partial charge in [0, 0.05) is 45.5 Å². The fourth-order valence-electron chi connectivity index (χ4n) is 2.77. The Hall–Kier alpha value is -2.18. The van der Waals surface area contributed by atoms with Gasteiger partial charge in [0.25, 0.3) is 5.78 Å². The maximum Gasteiger partial charge on any atom is 0.454 e. The summed E-state index contributed by atoms with van der Waals surface area (Å²) >= 11 is 7.01. The largest absolute Gasteiger partial charge is 0.454 e. The topological polar surface area (TPSA) is 20.3 Å². The summed E-state index contributed by atoms with van der Waals surface area (Å²) in [5.74, 6) is -1.85. The Morgan fingerprint density at radius 2 is 1.63 bits per heavy atom. The van der Waals surface area contributed by atoms with Gasteiger partial charge in [0.15, 0.2) is 0 Å². The van der Waals surface area contributed by atoms with Crippen molar-refractivity contribution in [1.29, 1.82) is 0 Å². The van der Waals surface area contributed by atoms with Crippen molar-refractivity contribution < 1.29 is 18.0 Å². The predicted molar refractivity (Wildman–Crippen MR) is 104 cm³/mol. The summed E-state index contributed by atoms with van der Waals surface area (Å²) in [7, 11) is 3.71. The summed E-state index contributed by atoms with van der Waals surface area (Å²) in [5, 5.41) is 1.90. The molecule has 0 aliphatic rings. The minimum absolute atomic E-state index is 0.279. The quantitative estimate of drug-likeness (QED) is 0.461. The Kier molecular flexibility index (Phi) is 5.40. The van der Waals surface area contributed by atoms with E-state index in [0.717, 1.165) is 22.8 Å². The molecule has 0 unspecified atom stereocenters. The van der Waals surface area contributed by atoms with Gasteiger partial charge in [0.05, 0.1) is 0 Å². The molecule has 0 radical (unpaired) electrons. The van der Waals surface area contributed by atoms with Crippen molar-refractivity contribution in [3.8, 4) is 0 Å². The number of halogens is 4. The fourth-order valence-corrected chi connectivity index (χ4v) is 3.96. The molecular formula is C20H15ClF3NOS. The third kappa shape index (κ3) is 4.06. The van der Waals surface area contributed by atoms with Gasteiger partial charge >= 0.3 is 6.18 Å². The molecule has 3 rings (SSSR count). The van der Waals surface area contributed by atoms with E-state index >= 15 is 0 Å². The van der Waals surface area contributed by atoms with Gasteiger partial charge in [0.1, 0.15) is 0 Å². The van der Waals surface area contributed by atoms with Gasteiger partial charge in [-0.2, -0.15) is 13.2 Å². The molecule has 0 aliphatic heterocycles. The third-order valence-corrected chi connectivity index (χ3v) is 5.41. The average molecular weight is 410 g/mol. The Balaban J connectivity index is 2.25. The van der Waals surface area contributed by atoms with Gasteiger partial charge in [-0.15, -0.1) is 0 Å². The third-order valence-electron chi connectivity index (χ3n) is 4.01. The minimum atomic E-state index is -4.94. The van der Waals surface area contributed by atoms with Crippen LogP contribution in [0.5, 0.6) is 0 Å². The van der Waals surface area contributed by atoms with Crippen LogP contribution in [-0.2, 0) is 0 Å². The number of ketones is 1. The smallest absolute Gasteiger partial charge is 0.377 e. The molecule has 27 heavy (non-hydrogen) atoms. The number of nitrogens with zero attached hydrogens (tertiary/aromatic N) is 1. The number of carbonyl (C=O) groups excluding carboxylic acids is 1. The van der Waals surface area contributed by atoms with Crippen molar-refractivity contribution in [2.24, 2.45) is 0 Å². The van der Waals surface area contributed by atoms with Crippen LogP contribution in [0.4, 0.5) is 18.9 Å². The Bertz CT molecular complexity index is 1000. The summed E-state index contributed by atoms with van der Waals surface area (Å²) in [6, 6.07) is 14.9. The van der Waals surface area contributed by atoms with Gasteiger partial charge in [-0.25, -0.2) is 0 Å². The molecule has 2 nitrogen and oxygen atoms in total.